The molecule has 0 saturated carbocycles. The summed E-state index contributed by atoms with van der Waals surface area (Å²) in [5, 5.41) is 24.6. The molecule has 147 valence electrons. The molecular formula is C19H17BN2O6P. The Bertz CT molecular complexity index is 996. The number of carbonyl (C=O) groups is 1. The fourth-order valence-corrected chi connectivity index (χ4v) is 3.59. The number of rotatable bonds is 8. The van der Waals surface area contributed by atoms with Gasteiger partial charge in [-0.1, -0.05) is 36.4 Å². The van der Waals surface area contributed by atoms with Crippen LogP contribution in [0.3, 0.4) is 0 Å². The van der Waals surface area contributed by atoms with Gasteiger partial charge in [-0.25, -0.2) is 5.09 Å². The van der Waals surface area contributed by atoms with Crippen molar-refractivity contribution in [3.05, 3.63) is 76.8 Å². The van der Waals surface area contributed by atoms with E-state index in [4.69, 9.17) is 9.05 Å². The van der Waals surface area contributed by atoms with Crippen LogP contribution in [0.15, 0.2) is 66.7 Å². The van der Waals surface area contributed by atoms with Crippen LogP contribution in [-0.2, 0) is 4.79 Å². The van der Waals surface area contributed by atoms with E-state index in [0.29, 0.717) is 11.5 Å². The average Bonchev–Trinajstić information content (AvgIpc) is 2.68. The van der Waals surface area contributed by atoms with Gasteiger partial charge in [-0.05, 0) is 30.5 Å². The highest BCUT2D eigenvalue weighted by atomic mass is 31.2. The van der Waals surface area contributed by atoms with Crippen molar-refractivity contribution in [3.8, 4) is 11.5 Å². The Hall–Kier alpha value is -3.16. The molecule has 0 aromatic heterocycles. The number of aliphatic carboxylic acids is 1. The fraction of sp³-hybridized carbons (Fsp3) is 0.105. The van der Waals surface area contributed by atoms with Crippen molar-refractivity contribution >= 4 is 39.4 Å². The Kier molecular flexibility index (Phi) is 7.53. The number of carboxylic acids is 1. The number of hydrogen-bond donors (Lipinski definition) is 2. The van der Waals surface area contributed by atoms with Crippen LogP contribution in [0.1, 0.15) is 6.92 Å². The van der Waals surface area contributed by atoms with Crippen LogP contribution in [0.4, 0.5) is 5.69 Å². The van der Waals surface area contributed by atoms with E-state index in [0.717, 1.165) is 10.8 Å². The Morgan fingerprint density at radius 2 is 1.72 bits per heavy atom. The SMILES string of the molecule is CC(NP(Oc1ccc([N+](=O)[O-])cc1)Oc1cccc2ccccc12)C(=O)O.[B]. The standard InChI is InChI=1S/C19H17N2O6P.B/c1-13(19(22)23)20-28(26-16-11-9-15(10-12-16)21(24)25)27-18-8-4-6-14-5-2-3-7-17(14)18;/h2-13,20H,1H3,(H,22,23);. The summed E-state index contributed by atoms with van der Waals surface area (Å²) in [7, 11) is -1.88. The van der Waals surface area contributed by atoms with Gasteiger partial charge in [0.15, 0.2) is 0 Å². The number of nitro groups is 1. The van der Waals surface area contributed by atoms with E-state index in [9.17, 15) is 20.0 Å². The number of nitrogens with zero attached hydrogens (tertiary/aromatic N) is 1. The second-order valence-electron chi connectivity index (χ2n) is 5.86. The molecule has 3 rings (SSSR count). The van der Waals surface area contributed by atoms with E-state index in [1.165, 1.54) is 31.2 Å². The van der Waals surface area contributed by atoms with Crippen molar-refractivity contribution in [2.45, 2.75) is 13.0 Å². The third kappa shape index (κ3) is 5.66. The second kappa shape index (κ2) is 9.86. The molecule has 0 heterocycles. The zero-order chi connectivity index (χ0) is 20.1. The first kappa shape index (κ1) is 22.1. The molecule has 0 aliphatic rings. The zero-order valence-corrected chi connectivity index (χ0v) is 16.3. The molecule has 3 aromatic carbocycles. The number of nitrogens with one attached hydrogen (secondary N) is 1. The van der Waals surface area contributed by atoms with Crippen molar-refractivity contribution < 1.29 is 23.9 Å². The van der Waals surface area contributed by atoms with Crippen molar-refractivity contribution in [3.63, 3.8) is 0 Å². The molecule has 2 unspecified atom stereocenters. The van der Waals surface area contributed by atoms with Gasteiger partial charge in [-0.3, -0.25) is 14.9 Å². The minimum absolute atomic E-state index is 0. The van der Waals surface area contributed by atoms with Crippen LogP contribution < -0.4 is 14.1 Å². The third-order valence-corrected chi connectivity index (χ3v) is 5.17. The van der Waals surface area contributed by atoms with E-state index >= 15 is 0 Å². The van der Waals surface area contributed by atoms with E-state index < -0.39 is 25.5 Å². The van der Waals surface area contributed by atoms with E-state index in [2.05, 4.69) is 5.09 Å². The van der Waals surface area contributed by atoms with E-state index in [1.807, 2.05) is 36.4 Å². The predicted molar refractivity (Wildman–Crippen MR) is 111 cm³/mol. The second-order valence-corrected chi connectivity index (χ2v) is 6.99. The number of benzene rings is 3. The molecule has 29 heavy (non-hydrogen) atoms. The molecule has 2 N–H and O–H groups in total. The van der Waals surface area contributed by atoms with Crippen LogP contribution >= 0.6 is 8.53 Å². The lowest BCUT2D eigenvalue weighted by atomic mass is 10.1. The molecular weight excluding hydrogens is 394 g/mol. The quantitative estimate of drug-likeness (QED) is 0.248. The maximum Gasteiger partial charge on any atom is 0.382 e. The third-order valence-electron chi connectivity index (χ3n) is 3.84. The average molecular weight is 411 g/mol. The molecule has 0 fully saturated rings. The summed E-state index contributed by atoms with van der Waals surface area (Å²) in [6.45, 7) is 1.48. The van der Waals surface area contributed by atoms with Crippen LogP contribution in [0.25, 0.3) is 10.8 Å². The topological polar surface area (TPSA) is 111 Å². The van der Waals surface area contributed by atoms with Gasteiger partial charge in [0.25, 0.3) is 5.69 Å². The fourth-order valence-electron chi connectivity index (χ4n) is 2.37. The maximum atomic E-state index is 11.2. The molecule has 2 atom stereocenters. The van der Waals surface area contributed by atoms with Crippen LogP contribution in [0.5, 0.6) is 11.5 Å². The summed E-state index contributed by atoms with van der Waals surface area (Å²) in [5.74, 6) is -0.195. The first-order valence-electron chi connectivity index (χ1n) is 8.31. The summed E-state index contributed by atoms with van der Waals surface area (Å²) in [6.07, 6.45) is 0. The van der Waals surface area contributed by atoms with Gasteiger partial charge in [0.2, 0.25) is 0 Å². The highest BCUT2D eigenvalue weighted by Crippen LogP contribution is 2.40. The van der Waals surface area contributed by atoms with Crippen molar-refractivity contribution in [2.24, 2.45) is 0 Å². The van der Waals surface area contributed by atoms with Gasteiger partial charge in [0.1, 0.15) is 17.5 Å². The Balaban J connectivity index is 0.00000300. The van der Waals surface area contributed by atoms with Crippen molar-refractivity contribution in [2.75, 3.05) is 0 Å². The maximum absolute atomic E-state index is 11.2. The predicted octanol–water partition coefficient (Wildman–Crippen LogP) is 4.11. The molecule has 0 aliphatic heterocycles. The summed E-state index contributed by atoms with van der Waals surface area (Å²) in [4.78, 5) is 21.5. The van der Waals surface area contributed by atoms with Crippen LogP contribution in [-0.4, -0.2) is 30.5 Å². The van der Waals surface area contributed by atoms with Crippen LogP contribution in [0.2, 0.25) is 0 Å². The number of fused-ring (bicyclic) bond motifs is 1. The molecule has 0 amide bonds. The molecule has 0 bridgehead atoms. The first-order chi connectivity index (χ1) is 13.4. The lowest BCUT2D eigenvalue weighted by Crippen LogP contribution is -2.32. The van der Waals surface area contributed by atoms with Gasteiger partial charge < -0.3 is 14.2 Å². The summed E-state index contributed by atoms with van der Waals surface area (Å²) in [5.41, 5.74) is -0.0708. The lowest BCUT2D eigenvalue weighted by molar-refractivity contribution is -0.384. The van der Waals surface area contributed by atoms with E-state index in [1.54, 1.807) is 6.07 Å². The normalized spacial score (nSPS) is 12.4. The Morgan fingerprint density at radius 3 is 2.38 bits per heavy atom. The minimum atomic E-state index is -1.88. The molecule has 8 nitrogen and oxygen atoms in total. The summed E-state index contributed by atoms with van der Waals surface area (Å²) < 4.78 is 11.7. The molecule has 0 aliphatic carbocycles. The van der Waals surface area contributed by atoms with E-state index in [-0.39, 0.29) is 14.1 Å². The number of hydrogen-bond acceptors (Lipinski definition) is 6. The molecule has 0 spiro atoms. The molecule has 0 saturated heterocycles. The van der Waals surface area contributed by atoms with Gasteiger partial charge >= 0.3 is 14.5 Å². The number of non-ortho nitro benzene ring substituents is 1. The Morgan fingerprint density at radius 1 is 1.07 bits per heavy atom. The summed E-state index contributed by atoms with van der Waals surface area (Å²) in [6, 6.07) is 17.7. The number of nitro benzene ring substituents is 1. The minimum Gasteiger partial charge on any atom is -0.480 e. The van der Waals surface area contributed by atoms with Gasteiger partial charge in [0, 0.05) is 25.9 Å². The zero-order valence-electron chi connectivity index (χ0n) is 15.4. The highest BCUT2D eigenvalue weighted by Gasteiger charge is 2.23. The van der Waals surface area contributed by atoms with Crippen LogP contribution in [0, 0.1) is 10.1 Å². The van der Waals surface area contributed by atoms with Gasteiger partial charge in [-0.15, -0.1) is 0 Å². The molecule has 3 aromatic rings. The highest BCUT2D eigenvalue weighted by molar-refractivity contribution is 7.45. The number of carboxylic acid groups (broad SMARTS) is 1. The monoisotopic (exact) mass is 411 g/mol. The van der Waals surface area contributed by atoms with Crippen molar-refractivity contribution in [1.82, 2.24) is 5.09 Å². The van der Waals surface area contributed by atoms with Gasteiger partial charge in [-0.2, -0.15) is 0 Å². The largest absolute Gasteiger partial charge is 0.480 e. The smallest absolute Gasteiger partial charge is 0.382 e. The lowest BCUT2D eigenvalue weighted by Gasteiger charge is -2.21. The Labute approximate surface area is 170 Å². The molecule has 10 heteroatoms. The van der Waals surface area contributed by atoms with Gasteiger partial charge in [0.05, 0.1) is 4.92 Å². The molecule has 3 radical (unpaired) electrons. The summed E-state index contributed by atoms with van der Waals surface area (Å²) >= 11 is 0. The van der Waals surface area contributed by atoms with Crippen molar-refractivity contribution in [1.29, 1.82) is 0 Å². The first-order valence-corrected chi connectivity index (χ1v) is 9.49.